The molecule has 0 spiro atoms. The van der Waals surface area contributed by atoms with E-state index in [1.54, 1.807) is 12.1 Å². The molecule has 0 saturated carbocycles. The van der Waals surface area contributed by atoms with Crippen LogP contribution >= 0.6 is 0 Å². The van der Waals surface area contributed by atoms with E-state index in [-0.39, 0.29) is 17.8 Å². The van der Waals surface area contributed by atoms with Crippen LogP contribution in [0.25, 0.3) is 0 Å². The average molecular weight is 327 g/mol. The molecule has 0 heterocycles. The minimum Gasteiger partial charge on any atom is -0.481 e. The summed E-state index contributed by atoms with van der Waals surface area (Å²) in [6.45, 7) is 1.91. The predicted octanol–water partition coefficient (Wildman–Crippen LogP) is 4.18. The number of halogens is 1. The van der Waals surface area contributed by atoms with Gasteiger partial charge in [-0.25, -0.2) is 4.39 Å². The van der Waals surface area contributed by atoms with E-state index in [0.717, 1.165) is 19.3 Å². The summed E-state index contributed by atoms with van der Waals surface area (Å²) in [5.74, 6) is 0.0598. The molecule has 1 amide bonds. The van der Waals surface area contributed by atoms with Crippen molar-refractivity contribution < 1.29 is 13.9 Å². The number of carbonyl (C=O) groups excluding carboxylic acids is 1. The number of carbonyl (C=O) groups is 1. The smallest absolute Gasteiger partial charge is 0.261 e. The summed E-state index contributed by atoms with van der Waals surface area (Å²) < 4.78 is 18.7. The number of ether oxygens (including phenoxy) is 1. The number of benzene rings is 2. The highest BCUT2D eigenvalue weighted by atomic mass is 19.1. The third kappa shape index (κ3) is 3.75. The van der Waals surface area contributed by atoms with Gasteiger partial charge >= 0.3 is 0 Å². The van der Waals surface area contributed by atoms with Crippen molar-refractivity contribution in [2.24, 2.45) is 0 Å². The van der Waals surface area contributed by atoms with Crippen LogP contribution in [0.1, 0.15) is 43.4 Å². The van der Waals surface area contributed by atoms with E-state index >= 15 is 0 Å². The van der Waals surface area contributed by atoms with E-state index in [1.807, 2.05) is 19.1 Å². The summed E-state index contributed by atoms with van der Waals surface area (Å²) >= 11 is 0. The minimum absolute atomic E-state index is 0.0355. The molecule has 1 aliphatic rings. The van der Waals surface area contributed by atoms with Crippen molar-refractivity contribution in [3.63, 3.8) is 0 Å². The predicted molar refractivity (Wildman–Crippen MR) is 91.4 cm³/mol. The van der Waals surface area contributed by atoms with Crippen LogP contribution < -0.4 is 10.1 Å². The Bertz CT molecular complexity index is 699. The second-order valence-corrected chi connectivity index (χ2v) is 6.12. The van der Waals surface area contributed by atoms with Crippen LogP contribution in [0, 0.1) is 5.82 Å². The van der Waals surface area contributed by atoms with Gasteiger partial charge in [0.15, 0.2) is 6.10 Å². The fourth-order valence-electron chi connectivity index (χ4n) is 3.17. The maximum atomic E-state index is 13.0. The zero-order valence-corrected chi connectivity index (χ0v) is 13.8. The number of amides is 1. The maximum Gasteiger partial charge on any atom is 0.261 e. The lowest BCUT2D eigenvalue weighted by molar-refractivity contribution is -0.129. The van der Waals surface area contributed by atoms with E-state index < -0.39 is 6.10 Å². The molecule has 24 heavy (non-hydrogen) atoms. The van der Waals surface area contributed by atoms with Crippen molar-refractivity contribution in [3.05, 3.63) is 65.5 Å². The van der Waals surface area contributed by atoms with Crippen molar-refractivity contribution >= 4 is 5.91 Å². The summed E-state index contributed by atoms with van der Waals surface area (Å²) in [7, 11) is 0. The Morgan fingerprint density at radius 3 is 2.75 bits per heavy atom. The average Bonchev–Trinajstić information content (AvgIpc) is 2.61. The first kappa shape index (κ1) is 16.5. The zero-order valence-electron chi connectivity index (χ0n) is 13.8. The van der Waals surface area contributed by atoms with Gasteiger partial charge in [0.2, 0.25) is 0 Å². The van der Waals surface area contributed by atoms with Gasteiger partial charge in [-0.1, -0.05) is 31.2 Å². The molecule has 0 unspecified atom stereocenters. The van der Waals surface area contributed by atoms with Gasteiger partial charge in [0.05, 0.1) is 6.04 Å². The Hall–Kier alpha value is -2.36. The topological polar surface area (TPSA) is 38.3 Å². The number of aryl methyl sites for hydroxylation is 1. The first-order valence-corrected chi connectivity index (χ1v) is 8.47. The Balaban J connectivity index is 1.68. The molecule has 0 fully saturated rings. The van der Waals surface area contributed by atoms with Gasteiger partial charge in [-0.15, -0.1) is 0 Å². The van der Waals surface area contributed by atoms with Crippen molar-refractivity contribution in [2.45, 2.75) is 44.8 Å². The SMILES string of the molecule is CC[C@@H](Oc1ccc(F)cc1)C(=O)N[C@@H]1CCCc2ccccc21. The molecule has 1 aliphatic carbocycles. The Labute approximate surface area is 141 Å². The summed E-state index contributed by atoms with van der Waals surface area (Å²) in [5, 5.41) is 3.12. The highest BCUT2D eigenvalue weighted by Gasteiger charge is 2.25. The summed E-state index contributed by atoms with van der Waals surface area (Å²) in [6.07, 6.45) is 3.04. The van der Waals surface area contributed by atoms with Gasteiger partial charge in [-0.05, 0) is 61.1 Å². The molecule has 1 N–H and O–H groups in total. The summed E-state index contributed by atoms with van der Waals surface area (Å²) in [4.78, 5) is 12.6. The first-order chi connectivity index (χ1) is 11.7. The molecule has 2 aromatic carbocycles. The largest absolute Gasteiger partial charge is 0.481 e. The van der Waals surface area contributed by atoms with Crippen LogP contribution in [-0.4, -0.2) is 12.0 Å². The molecular formula is C20H22FNO2. The van der Waals surface area contributed by atoms with Gasteiger partial charge in [-0.2, -0.15) is 0 Å². The van der Waals surface area contributed by atoms with Gasteiger partial charge < -0.3 is 10.1 Å². The zero-order chi connectivity index (χ0) is 16.9. The van der Waals surface area contributed by atoms with Crippen LogP contribution in [0.15, 0.2) is 48.5 Å². The van der Waals surface area contributed by atoms with Gasteiger partial charge in [0, 0.05) is 0 Å². The van der Waals surface area contributed by atoms with E-state index in [0.29, 0.717) is 12.2 Å². The number of nitrogens with one attached hydrogen (secondary N) is 1. The first-order valence-electron chi connectivity index (χ1n) is 8.47. The fourth-order valence-corrected chi connectivity index (χ4v) is 3.17. The molecule has 4 heteroatoms. The van der Waals surface area contributed by atoms with Crippen molar-refractivity contribution in [1.82, 2.24) is 5.32 Å². The molecule has 126 valence electrons. The van der Waals surface area contributed by atoms with Gasteiger partial charge in [0.25, 0.3) is 5.91 Å². The van der Waals surface area contributed by atoms with Crippen LogP contribution in [0.3, 0.4) is 0 Å². The highest BCUT2D eigenvalue weighted by Crippen LogP contribution is 2.29. The second-order valence-electron chi connectivity index (χ2n) is 6.12. The monoisotopic (exact) mass is 327 g/mol. The second kappa shape index (κ2) is 7.47. The van der Waals surface area contributed by atoms with E-state index in [1.165, 1.54) is 23.3 Å². The van der Waals surface area contributed by atoms with Crippen molar-refractivity contribution in [2.75, 3.05) is 0 Å². The molecule has 3 nitrogen and oxygen atoms in total. The number of rotatable bonds is 5. The van der Waals surface area contributed by atoms with E-state index in [2.05, 4.69) is 17.4 Å². The van der Waals surface area contributed by atoms with E-state index in [4.69, 9.17) is 4.74 Å². The van der Waals surface area contributed by atoms with Crippen molar-refractivity contribution in [3.8, 4) is 5.75 Å². The fraction of sp³-hybridized carbons (Fsp3) is 0.350. The summed E-state index contributed by atoms with van der Waals surface area (Å²) in [5.41, 5.74) is 2.51. The molecule has 0 radical (unpaired) electrons. The van der Waals surface area contributed by atoms with Crippen LogP contribution in [0.4, 0.5) is 4.39 Å². The molecule has 0 saturated heterocycles. The molecule has 0 aliphatic heterocycles. The molecule has 0 bridgehead atoms. The lowest BCUT2D eigenvalue weighted by Gasteiger charge is -2.28. The quantitative estimate of drug-likeness (QED) is 0.895. The molecular weight excluding hydrogens is 305 g/mol. The Morgan fingerprint density at radius 1 is 1.25 bits per heavy atom. The molecule has 3 rings (SSSR count). The van der Waals surface area contributed by atoms with Crippen LogP contribution in [0.2, 0.25) is 0 Å². The minimum atomic E-state index is -0.579. The lowest BCUT2D eigenvalue weighted by Crippen LogP contribution is -2.40. The van der Waals surface area contributed by atoms with Gasteiger partial charge in [0.1, 0.15) is 11.6 Å². The summed E-state index contributed by atoms with van der Waals surface area (Å²) in [6, 6.07) is 14.0. The van der Waals surface area contributed by atoms with Gasteiger partial charge in [-0.3, -0.25) is 4.79 Å². The normalized spacial score (nSPS) is 17.7. The highest BCUT2D eigenvalue weighted by molar-refractivity contribution is 5.81. The molecule has 2 aromatic rings. The molecule has 0 aromatic heterocycles. The third-order valence-electron chi connectivity index (χ3n) is 4.44. The Morgan fingerprint density at radius 2 is 2.00 bits per heavy atom. The number of hydrogen-bond acceptors (Lipinski definition) is 2. The third-order valence-corrected chi connectivity index (χ3v) is 4.44. The number of fused-ring (bicyclic) bond motifs is 1. The maximum absolute atomic E-state index is 13.0. The van der Waals surface area contributed by atoms with Crippen LogP contribution in [-0.2, 0) is 11.2 Å². The lowest BCUT2D eigenvalue weighted by atomic mass is 9.87. The number of hydrogen-bond donors (Lipinski definition) is 1. The van der Waals surface area contributed by atoms with Crippen LogP contribution in [0.5, 0.6) is 5.75 Å². The van der Waals surface area contributed by atoms with Crippen molar-refractivity contribution in [1.29, 1.82) is 0 Å². The Kier molecular flexibility index (Phi) is 5.14. The van der Waals surface area contributed by atoms with E-state index in [9.17, 15) is 9.18 Å². The molecule has 2 atom stereocenters. The standard InChI is InChI=1S/C20H22FNO2/c1-2-19(24-16-12-10-15(21)11-13-16)20(23)22-18-9-5-7-14-6-3-4-8-17(14)18/h3-4,6,8,10-13,18-19H,2,5,7,9H2,1H3,(H,22,23)/t18-,19-/m1/s1.